The fourth-order valence-electron chi connectivity index (χ4n) is 9.98. The van der Waals surface area contributed by atoms with E-state index in [1.807, 2.05) is 6.07 Å². The molecule has 0 aliphatic rings. The minimum absolute atomic E-state index is 0.0195. The molecule has 33 nitrogen and oxygen atoms in total. The highest BCUT2D eigenvalue weighted by atomic mass is 35.5. The Bertz CT molecular complexity index is 6250. The summed E-state index contributed by atoms with van der Waals surface area (Å²) < 4.78 is 101. The van der Waals surface area contributed by atoms with Crippen molar-refractivity contribution in [1.82, 2.24) is 39.9 Å². The van der Waals surface area contributed by atoms with Crippen molar-refractivity contribution in [3.8, 4) is 0 Å². The van der Waals surface area contributed by atoms with Gasteiger partial charge in [0.2, 0.25) is 29.0 Å². The highest BCUT2D eigenvalue weighted by Gasteiger charge is 2.28. The third-order valence-corrected chi connectivity index (χ3v) is 26.5. The van der Waals surface area contributed by atoms with Crippen LogP contribution in [0.4, 0.5) is 109 Å². The van der Waals surface area contributed by atoms with Crippen LogP contribution in [-0.4, -0.2) is 110 Å². The number of anilines is 17. The maximum absolute atomic E-state index is 12.7. The number of para-hydroxylation sites is 4. The zero-order valence-electron chi connectivity index (χ0n) is 65.3. The molecule has 42 heteroatoms. The zero-order valence-corrected chi connectivity index (χ0v) is 72.4. The Hall–Kier alpha value is -12.5. The van der Waals surface area contributed by atoms with Crippen LogP contribution in [0.5, 0.6) is 0 Å². The lowest BCUT2D eigenvalue weighted by Gasteiger charge is -2.15. The Balaban J connectivity index is 0.000000194. The highest BCUT2D eigenvalue weighted by molar-refractivity contribution is 7.93. The van der Waals surface area contributed by atoms with Crippen LogP contribution in [-0.2, 0) is 44.1 Å². The molecule has 4 heterocycles. The standard InChI is InChI=1S/C22H22ClN5O3S.C19H18ClN5O4S.C19H20ClN5O2S.C13H13Cl2N3O2S.C6H6N2O2/c1-4-20(29)25-15-8-7-9-16(12-15)26-22-24-13-17(23)21(28-22)27-18-10-5-6-11-19(18)32(30,31)14(2)3;1-12(2)30(28,29)17-9-4-3-8-16(17)23-18-15(20)11-21-19(24-18)22-13-6-5-7-14(10-13)25(26)27;1-12(2)28(26,27)17-9-4-3-8-16(17)24-18-15(20)11-22-19(25-18)23-14-7-5-6-13(21)10-14;1-8(2)21(19,20)11-6-4-3-5-10(11)17-12-9(14)7-16-13(15)18-12;7-5-2-1-3-6(4-5)8(9)10/h4-14H,1H2,2-3H3,(H,25,29)(H2,24,26,27,28);3-12H,1-2H3,(H2,21,22,23,24);3-12H,21H2,1-2H3,(H2,22,23,24,25);3-8H,1-2H3,(H,16,17,18);1-4H,7H2. The molecular formula is C79H79Cl5N20O13S4. The molecule has 0 saturated heterocycles. The van der Waals surface area contributed by atoms with E-state index < -0.39 is 70.2 Å². The smallest absolute Gasteiger partial charge is 0.271 e. The number of nitrogens with zero attached hydrogens (tertiary/aromatic N) is 10. The third kappa shape index (κ3) is 26.3. The van der Waals surface area contributed by atoms with Crippen LogP contribution in [0.2, 0.25) is 25.4 Å². The summed E-state index contributed by atoms with van der Waals surface area (Å²) in [6, 6.07) is 52.1. The fourth-order valence-corrected chi connectivity index (χ4v) is 15.5. The van der Waals surface area contributed by atoms with Crippen LogP contribution < -0.4 is 54.0 Å². The lowest BCUT2D eigenvalue weighted by Crippen LogP contribution is -2.15. The van der Waals surface area contributed by atoms with Gasteiger partial charge in [0.05, 0.1) is 98.0 Å². The first-order valence-electron chi connectivity index (χ1n) is 35.8. The van der Waals surface area contributed by atoms with E-state index in [1.165, 1.54) is 79.4 Å². The quantitative estimate of drug-likeness (QED) is 0.00791. The number of non-ortho nitro benzene ring substituents is 2. The minimum atomic E-state index is -3.54. The van der Waals surface area contributed by atoms with E-state index in [2.05, 4.69) is 89.0 Å². The lowest BCUT2D eigenvalue weighted by atomic mass is 10.2. The number of aromatic nitrogens is 8. The summed E-state index contributed by atoms with van der Waals surface area (Å²) in [6.07, 6.45) is 6.71. The van der Waals surface area contributed by atoms with E-state index in [9.17, 15) is 58.7 Å². The third-order valence-electron chi connectivity index (χ3n) is 16.3. The Labute approximate surface area is 722 Å². The summed E-state index contributed by atoms with van der Waals surface area (Å²) in [5, 5.41) is 43.2. The van der Waals surface area contributed by atoms with Gasteiger partial charge in [0.1, 0.15) is 20.1 Å². The Kier molecular flexibility index (Phi) is 33.0. The first kappa shape index (κ1) is 94.0. The highest BCUT2D eigenvalue weighted by Crippen LogP contribution is 2.37. The van der Waals surface area contributed by atoms with Crippen molar-refractivity contribution < 1.29 is 48.3 Å². The van der Waals surface area contributed by atoms with Crippen LogP contribution in [0.1, 0.15) is 55.4 Å². The summed E-state index contributed by atoms with van der Waals surface area (Å²) >= 11 is 30.4. The summed E-state index contributed by atoms with van der Waals surface area (Å²) in [5.41, 5.74) is 15.8. The van der Waals surface area contributed by atoms with E-state index in [0.29, 0.717) is 57.1 Å². The second kappa shape index (κ2) is 42.5. The van der Waals surface area contributed by atoms with Crippen molar-refractivity contribution in [3.05, 3.63) is 277 Å². The van der Waals surface area contributed by atoms with Gasteiger partial charge in [-0.05, 0) is 170 Å². The molecule has 632 valence electrons. The number of nitro benzene ring substituents is 2. The summed E-state index contributed by atoms with van der Waals surface area (Å²) in [7, 11) is -14.0. The minimum Gasteiger partial charge on any atom is -0.399 e. The van der Waals surface area contributed by atoms with Crippen molar-refractivity contribution in [2.75, 3.05) is 54.0 Å². The number of nitrogens with one attached hydrogen (secondary N) is 8. The van der Waals surface area contributed by atoms with Crippen LogP contribution in [0, 0.1) is 20.2 Å². The van der Waals surface area contributed by atoms with Gasteiger partial charge in [-0.2, -0.15) is 19.9 Å². The summed E-state index contributed by atoms with van der Waals surface area (Å²) in [4.78, 5) is 65.3. The normalized spacial score (nSPS) is 11.2. The number of hydrogen-bond acceptors (Lipinski definition) is 30. The summed E-state index contributed by atoms with van der Waals surface area (Å²) in [6.45, 7) is 16.4. The Morgan fingerprint density at radius 3 is 0.975 bits per heavy atom. The number of halogens is 5. The number of carbonyl (C=O) groups excluding carboxylic acids is 1. The van der Waals surface area contributed by atoms with Crippen LogP contribution in [0.25, 0.3) is 0 Å². The van der Waals surface area contributed by atoms with E-state index in [1.54, 1.807) is 195 Å². The molecule has 0 bridgehead atoms. The van der Waals surface area contributed by atoms with Gasteiger partial charge in [-0.1, -0.05) is 126 Å². The maximum atomic E-state index is 12.7. The predicted molar refractivity (Wildman–Crippen MR) is 478 cm³/mol. The molecule has 12 rings (SSSR count). The van der Waals surface area contributed by atoms with Crippen LogP contribution >= 0.6 is 58.0 Å². The Morgan fingerprint density at radius 1 is 0.372 bits per heavy atom. The van der Waals surface area contributed by atoms with Gasteiger partial charge >= 0.3 is 0 Å². The Morgan fingerprint density at radius 2 is 0.653 bits per heavy atom. The second-order valence-corrected chi connectivity index (χ2v) is 38.2. The van der Waals surface area contributed by atoms with Crippen LogP contribution in [0.3, 0.4) is 0 Å². The number of nitro groups is 2. The van der Waals surface area contributed by atoms with Crippen molar-refractivity contribution in [2.24, 2.45) is 0 Å². The van der Waals surface area contributed by atoms with Gasteiger partial charge in [-0.25, -0.2) is 53.6 Å². The number of sulfone groups is 4. The molecule has 121 heavy (non-hydrogen) atoms. The van der Waals surface area contributed by atoms with Gasteiger partial charge in [-0.3, -0.25) is 25.0 Å². The molecule has 8 aromatic carbocycles. The summed E-state index contributed by atoms with van der Waals surface area (Å²) in [5.74, 6) is 1.29. The molecule has 12 aromatic rings. The number of benzene rings is 8. The van der Waals surface area contributed by atoms with E-state index in [0.717, 1.165) is 5.69 Å². The monoisotopic (exact) mass is 1820 g/mol. The number of nitrogen functional groups attached to an aromatic ring is 2. The number of rotatable bonds is 26. The van der Waals surface area contributed by atoms with Crippen LogP contribution in [0.15, 0.2) is 251 Å². The van der Waals surface area contributed by atoms with Gasteiger partial charge in [0, 0.05) is 58.4 Å². The number of nitrogens with two attached hydrogens (primary N) is 2. The molecule has 1 amide bonds. The number of hydrogen-bond donors (Lipinski definition) is 10. The SMILES string of the molecule is C=CC(=O)Nc1cccc(Nc2ncc(Cl)c(Nc3ccccc3S(=O)(=O)C(C)C)n2)c1.CC(C)S(=O)(=O)c1ccccc1Nc1nc(Cl)ncc1Cl.CC(C)S(=O)(=O)c1ccccc1Nc1nc(Nc2cccc(N)c2)ncc1Cl.CC(C)S(=O)(=O)c1ccccc1Nc1nc(Nc2cccc([N+](=O)[O-])c2)ncc1Cl.Nc1cccc([N+](=O)[O-])c1. The topological polar surface area (TPSA) is 491 Å². The molecule has 4 aromatic heterocycles. The molecular weight excluding hydrogens is 1740 g/mol. The largest absolute Gasteiger partial charge is 0.399 e. The van der Waals surface area contributed by atoms with Gasteiger partial charge < -0.3 is 54.0 Å². The average Bonchev–Trinajstić information content (AvgIpc) is 0.808. The fraction of sp³-hybridized carbons (Fsp3) is 0.152. The molecule has 0 aliphatic carbocycles. The number of carbonyl (C=O) groups is 1. The van der Waals surface area contributed by atoms with E-state index >= 15 is 0 Å². The first-order valence-corrected chi connectivity index (χ1v) is 43.9. The molecule has 0 unspecified atom stereocenters. The molecule has 12 N–H and O–H groups in total. The van der Waals surface area contributed by atoms with Crippen molar-refractivity contribution >= 4 is 213 Å². The second-order valence-electron chi connectivity index (χ2n) is 26.3. The number of amides is 1. The molecule has 0 aliphatic heterocycles. The lowest BCUT2D eigenvalue weighted by molar-refractivity contribution is -0.385. The van der Waals surface area contributed by atoms with Crippen molar-refractivity contribution in [1.29, 1.82) is 0 Å². The molecule has 0 radical (unpaired) electrons. The first-order chi connectivity index (χ1) is 57.2. The predicted octanol–water partition coefficient (Wildman–Crippen LogP) is 18.9. The van der Waals surface area contributed by atoms with Gasteiger partial charge in [0.25, 0.3) is 11.4 Å². The zero-order chi connectivity index (χ0) is 88.7. The van der Waals surface area contributed by atoms with Crippen molar-refractivity contribution in [3.63, 3.8) is 0 Å². The maximum Gasteiger partial charge on any atom is 0.271 e. The molecule has 0 saturated carbocycles. The molecule has 0 spiro atoms. The van der Waals surface area contributed by atoms with E-state index in [4.69, 9.17) is 69.5 Å². The average molecular weight is 1820 g/mol. The van der Waals surface area contributed by atoms with E-state index in [-0.39, 0.29) is 97.4 Å². The van der Waals surface area contributed by atoms with Gasteiger partial charge in [-0.15, -0.1) is 0 Å². The van der Waals surface area contributed by atoms with Crippen molar-refractivity contribution in [2.45, 2.75) is 96.0 Å². The van der Waals surface area contributed by atoms with Gasteiger partial charge in [0.15, 0.2) is 62.6 Å². The molecule has 0 atom stereocenters. The molecule has 0 fully saturated rings.